The third-order valence-corrected chi connectivity index (χ3v) is 6.64. The van der Waals surface area contributed by atoms with E-state index < -0.39 is 10.0 Å². The van der Waals surface area contributed by atoms with Gasteiger partial charge in [-0.1, -0.05) is 18.2 Å². The van der Waals surface area contributed by atoms with Gasteiger partial charge in [0.05, 0.1) is 11.9 Å². The van der Waals surface area contributed by atoms with Crippen LogP contribution in [-0.2, 0) is 34.1 Å². The Balaban J connectivity index is 1.46. The summed E-state index contributed by atoms with van der Waals surface area (Å²) in [5, 5.41) is 6.11. The Hall–Kier alpha value is -3.46. The predicted octanol–water partition coefficient (Wildman–Crippen LogP) is 3.29. The molecule has 0 saturated heterocycles. The minimum Gasteiger partial charge on any atom is -0.326 e. The monoisotopic (exact) mass is 451 g/mol. The zero-order chi connectivity index (χ0) is 22.7. The molecule has 0 aliphatic carbocycles. The number of hydrogen-bond acceptors (Lipinski definition) is 6. The van der Waals surface area contributed by atoms with Gasteiger partial charge in [0.25, 0.3) is 0 Å². The number of para-hydroxylation sites is 1. The molecule has 1 aromatic heterocycles. The van der Waals surface area contributed by atoms with Crippen molar-refractivity contribution < 1.29 is 13.2 Å². The second-order valence-corrected chi connectivity index (χ2v) is 9.79. The Morgan fingerprint density at radius 1 is 1.09 bits per heavy atom. The third kappa shape index (κ3) is 5.05. The lowest BCUT2D eigenvalue weighted by Crippen LogP contribution is -2.26. The molecule has 166 valence electrons. The van der Waals surface area contributed by atoms with E-state index in [1.165, 1.54) is 10.6 Å². The maximum atomic E-state index is 12.0. The molecule has 9 heteroatoms. The fourth-order valence-electron chi connectivity index (χ4n) is 3.66. The number of hydrogen-bond donors (Lipinski definition) is 2. The normalized spacial score (nSPS) is 13.2. The standard InChI is InChI=1S/C23H25N5O3S/c1-28(32(2,30)31)21-6-4-3-5-16(21)7-9-18-13-14-24-23(25-18)26-19-10-11-20-17(15-19)8-12-22(29)27-20/h3-6,10-11,13-15H,7-9,12H2,1-2H3,(H,27,29)(H,24,25,26). The Morgan fingerprint density at radius 3 is 2.72 bits per heavy atom. The van der Waals surface area contributed by atoms with Crippen LogP contribution in [0.3, 0.4) is 0 Å². The Bertz CT molecular complexity index is 1260. The minimum atomic E-state index is -3.34. The molecule has 4 rings (SSSR count). The number of benzene rings is 2. The minimum absolute atomic E-state index is 0.0403. The number of fused-ring (bicyclic) bond motifs is 1. The van der Waals surface area contributed by atoms with Crippen molar-refractivity contribution in [1.82, 2.24) is 9.97 Å². The van der Waals surface area contributed by atoms with Crippen LogP contribution in [0.25, 0.3) is 0 Å². The number of rotatable bonds is 7. The molecule has 0 spiro atoms. The molecule has 0 saturated carbocycles. The van der Waals surface area contributed by atoms with E-state index in [4.69, 9.17) is 0 Å². The molecule has 1 aliphatic rings. The van der Waals surface area contributed by atoms with E-state index >= 15 is 0 Å². The van der Waals surface area contributed by atoms with Gasteiger partial charge in [-0.15, -0.1) is 0 Å². The van der Waals surface area contributed by atoms with Gasteiger partial charge in [0.15, 0.2) is 0 Å². The van der Waals surface area contributed by atoms with Crippen LogP contribution in [0.5, 0.6) is 0 Å². The largest absolute Gasteiger partial charge is 0.326 e. The molecular formula is C23H25N5O3S. The number of nitrogens with one attached hydrogen (secondary N) is 2. The van der Waals surface area contributed by atoms with Crippen molar-refractivity contribution in [3.05, 3.63) is 71.5 Å². The summed E-state index contributed by atoms with van der Waals surface area (Å²) in [5.74, 6) is 0.530. The van der Waals surface area contributed by atoms with E-state index in [0.29, 0.717) is 37.3 Å². The zero-order valence-corrected chi connectivity index (χ0v) is 18.8. The summed E-state index contributed by atoms with van der Waals surface area (Å²) >= 11 is 0. The molecule has 0 atom stereocenters. The number of aryl methyl sites for hydroxylation is 3. The van der Waals surface area contributed by atoms with E-state index in [-0.39, 0.29) is 5.91 Å². The highest BCUT2D eigenvalue weighted by Gasteiger charge is 2.16. The number of aromatic nitrogens is 2. The van der Waals surface area contributed by atoms with Crippen molar-refractivity contribution >= 4 is 38.9 Å². The van der Waals surface area contributed by atoms with Crippen molar-refractivity contribution in [1.29, 1.82) is 0 Å². The highest BCUT2D eigenvalue weighted by Crippen LogP contribution is 2.27. The predicted molar refractivity (Wildman–Crippen MR) is 126 cm³/mol. The van der Waals surface area contributed by atoms with Gasteiger partial charge in [0.1, 0.15) is 0 Å². The van der Waals surface area contributed by atoms with Gasteiger partial charge in [0.2, 0.25) is 21.9 Å². The van der Waals surface area contributed by atoms with Gasteiger partial charge in [-0.25, -0.2) is 18.4 Å². The van der Waals surface area contributed by atoms with Crippen molar-refractivity contribution in [2.24, 2.45) is 0 Å². The number of anilines is 4. The van der Waals surface area contributed by atoms with Gasteiger partial charge >= 0.3 is 0 Å². The lowest BCUT2D eigenvalue weighted by Gasteiger charge is -2.20. The molecule has 2 aromatic carbocycles. The molecular weight excluding hydrogens is 426 g/mol. The van der Waals surface area contributed by atoms with Gasteiger partial charge in [-0.05, 0) is 60.7 Å². The molecule has 8 nitrogen and oxygen atoms in total. The number of carbonyl (C=O) groups excluding carboxylic acids is 1. The smallest absolute Gasteiger partial charge is 0.232 e. The average molecular weight is 452 g/mol. The quantitative estimate of drug-likeness (QED) is 0.571. The van der Waals surface area contributed by atoms with Crippen LogP contribution in [0, 0.1) is 0 Å². The molecule has 2 N–H and O–H groups in total. The first-order chi connectivity index (χ1) is 15.3. The van der Waals surface area contributed by atoms with Gasteiger partial charge in [-0.2, -0.15) is 0 Å². The van der Waals surface area contributed by atoms with Crippen molar-refractivity contribution in [3.8, 4) is 0 Å². The molecule has 3 aromatic rings. The van der Waals surface area contributed by atoms with E-state index in [0.717, 1.165) is 28.2 Å². The van der Waals surface area contributed by atoms with Crippen molar-refractivity contribution in [2.75, 3.05) is 28.2 Å². The summed E-state index contributed by atoms with van der Waals surface area (Å²) in [7, 11) is -1.78. The number of amides is 1. The van der Waals surface area contributed by atoms with Crippen LogP contribution in [-0.4, -0.2) is 37.6 Å². The Kier molecular flexibility index (Phi) is 6.09. The van der Waals surface area contributed by atoms with Crippen LogP contribution in [0.1, 0.15) is 23.2 Å². The summed E-state index contributed by atoms with van der Waals surface area (Å²) < 4.78 is 25.2. The average Bonchev–Trinajstić information content (AvgIpc) is 2.77. The zero-order valence-electron chi connectivity index (χ0n) is 18.0. The van der Waals surface area contributed by atoms with Crippen LogP contribution < -0.4 is 14.9 Å². The SMILES string of the molecule is CN(c1ccccc1CCc1ccnc(Nc2ccc3c(c2)CCC(=O)N3)n1)S(C)(=O)=O. The lowest BCUT2D eigenvalue weighted by molar-refractivity contribution is -0.116. The number of sulfonamides is 1. The molecule has 2 heterocycles. The highest BCUT2D eigenvalue weighted by atomic mass is 32.2. The van der Waals surface area contributed by atoms with Crippen LogP contribution in [0.15, 0.2) is 54.7 Å². The van der Waals surface area contributed by atoms with Gasteiger partial charge < -0.3 is 10.6 Å². The molecule has 0 unspecified atom stereocenters. The Morgan fingerprint density at radius 2 is 1.91 bits per heavy atom. The fraction of sp³-hybridized carbons (Fsp3) is 0.261. The molecule has 1 aliphatic heterocycles. The molecule has 1 amide bonds. The van der Waals surface area contributed by atoms with Gasteiger partial charge in [-0.3, -0.25) is 9.10 Å². The summed E-state index contributed by atoms with van der Waals surface area (Å²) in [6.07, 6.45) is 5.38. The second kappa shape index (κ2) is 8.96. The third-order valence-electron chi connectivity index (χ3n) is 5.45. The summed E-state index contributed by atoms with van der Waals surface area (Å²) in [5.41, 5.74) is 5.24. The summed E-state index contributed by atoms with van der Waals surface area (Å²) in [4.78, 5) is 20.5. The molecule has 0 radical (unpaired) electrons. The molecule has 32 heavy (non-hydrogen) atoms. The second-order valence-electron chi connectivity index (χ2n) is 7.78. The van der Waals surface area contributed by atoms with Crippen LogP contribution in [0.4, 0.5) is 23.0 Å². The molecule has 0 fully saturated rings. The van der Waals surface area contributed by atoms with Crippen LogP contribution in [0.2, 0.25) is 0 Å². The fourth-order valence-corrected chi connectivity index (χ4v) is 4.19. The van der Waals surface area contributed by atoms with Crippen molar-refractivity contribution in [3.63, 3.8) is 0 Å². The first-order valence-electron chi connectivity index (χ1n) is 10.3. The number of carbonyl (C=O) groups is 1. The van der Waals surface area contributed by atoms with Gasteiger partial charge in [0, 0.05) is 36.7 Å². The molecule has 0 bridgehead atoms. The van der Waals surface area contributed by atoms with Crippen molar-refractivity contribution in [2.45, 2.75) is 25.7 Å². The topological polar surface area (TPSA) is 104 Å². The van der Waals surface area contributed by atoms with Crippen LogP contribution >= 0.6 is 0 Å². The summed E-state index contributed by atoms with van der Waals surface area (Å²) in [6, 6.07) is 15.1. The number of nitrogens with zero attached hydrogens (tertiary/aromatic N) is 3. The first kappa shape index (κ1) is 21.8. The van der Waals surface area contributed by atoms with E-state index in [1.54, 1.807) is 13.2 Å². The van der Waals surface area contributed by atoms with E-state index in [9.17, 15) is 13.2 Å². The first-order valence-corrected chi connectivity index (χ1v) is 12.2. The van der Waals surface area contributed by atoms with E-state index in [1.807, 2.05) is 48.5 Å². The lowest BCUT2D eigenvalue weighted by atomic mass is 10.0. The highest BCUT2D eigenvalue weighted by molar-refractivity contribution is 7.92. The van der Waals surface area contributed by atoms with E-state index in [2.05, 4.69) is 20.6 Å². The summed E-state index contributed by atoms with van der Waals surface area (Å²) in [6.45, 7) is 0. The Labute approximate surface area is 187 Å². The maximum Gasteiger partial charge on any atom is 0.232 e. The maximum absolute atomic E-state index is 12.0.